The number of rotatable bonds is 5. The summed E-state index contributed by atoms with van der Waals surface area (Å²) in [6.07, 6.45) is 5.06. The zero-order valence-electron chi connectivity index (χ0n) is 16.1. The highest BCUT2D eigenvalue weighted by molar-refractivity contribution is 6.09. The maximum Gasteiger partial charge on any atom is 0.325 e. The smallest absolute Gasteiger partial charge is 0.325 e. The van der Waals surface area contributed by atoms with Crippen LogP contribution in [0.25, 0.3) is 0 Å². The fraction of sp³-hybridized carbons (Fsp3) is 0.550. The van der Waals surface area contributed by atoms with Crippen molar-refractivity contribution in [2.24, 2.45) is 0 Å². The van der Waals surface area contributed by atoms with Gasteiger partial charge in [-0.3, -0.25) is 14.5 Å². The van der Waals surface area contributed by atoms with Crippen molar-refractivity contribution in [3.05, 3.63) is 35.4 Å². The van der Waals surface area contributed by atoms with Crippen LogP contribution in [0.5, 0.6) is 0 Å². The van der Waals surface area contributed by atoms with Gasteiger partial charge in [-0.2, -0.15) is 0 Å². The Bertz CT molecular complexity index is 795. The number of nitrogens with one attached hydrogen (secondary N) is 1. The van der Waals surface area contributed by atoms with E-state index in [9.17, 15) is 23.2 Å². The molecule has 1 saturated heterocycles. The number of nitrogens with zero attached hydrogens (tertiary/aromatic N) is 2. The Hall–Kier alpha value is -2.51. The van der Waals surface area contributed by atoms with E-state index < -0.39 is 35.7 Å². The van der Waals surface area contributed by atoms with E-state index in [1.165, 1.54) is 6.92 Å². The van der Waals surface area contributed by atoms with Crippen LogP contribution in [0, 0.1) is 11.6 Å². The number of hydrogen-bond acceptors (Lipinski definition) is 3. The van der Waals surface area contributed by atoms with Crippen molar-refractivity contribution in [2.75, 3.05) is 13.1 Å². The van der Waals surface area contributed by atoms with Gasteiger partial charge in [-0.15, -0.1) is 0 Å². The first-order chi connectivity index (χ1) is 13.3. The monoisotopic (exact) mass is 393 g/mol. The molecule has 0 spiro atoms. The molecule has 3 rings (SSSR count). The molecule has 1 heterocycles. The van der Waals surface area contributed by atoms with Gasteiger partial charge in [0.2, 0.25) is 5.91 Å². The molecule has 2 aliphatic rings. The van der Waals surface area contributed by atoms with Gasteiger partial charge >= 0.3 is 6.03 Å². The molecule has 6 nitrogen and oxygen atoms in total. The number of imide groups is 1. The maximum atomic E-state index is 14.2. The van der Waals surface area contributed by atoms with Gasteiger partial charge in [-0.1, -0.05) is 19.3 Å². The molecular weight excluding hydrogens is 368 g/mol. The summed E-state index contributed by atoms with van der Waals surface area (Å²) in [6, 6.07) is 2.06. The molecule has 1 aromatic carbocycles. The van der Waals surface area contributed by atoms with Crippen molar-refractivity contribution >= 4 is 17.8 Å². The summed E-state index contributed by atoms with van der Waals surface area (Å²) in [4.78, 5) is 40.6. The Balaban J connectivity index is 1.79. The van der Waals surface area contributed by atoms with Gasteiger partial charge < -0.3 is 10.2 Å². The first kappa shape index (κ1) is 20.2. The van der Waals surface area contributed by atoms with Gasteiger partial charge in [0.25, 0.3) is 5.91 Å². The van der Waals surface area contributed by atoms with Gasteiger partial charge in [-0.25, -0.2) is 13.6 Å². The van der Waals surface area contributed by atoms with Crippen LogP contribution in [0.4, 0.5) is 13.6 Å². The number of urea groups is 1. The van der Waals surface area contributed by atoms with Gasteiger partial charge in [0, 0.05) is 18.2 Å². The van der Waals surface area contributed by atoms with Crippen molar-refractivity contribution in [1.29, 1.82) is 0 Å². The molecule has 1 aliphatic heterocycles. The van der Waals surface area contributed by atoms with Crippen LogP contribution in [0.2, 0.25) is 0 Å². The SMILES string of the molecule is CCN(C(=O)CN1C(=O)N[C@@](C)(c2cc(F)ccc2F)C1=O)C1CCCCC1. The van der Waals surface area contributed by atoms with Crippen LogP contribution in [0.3, 0.4) is 0 Å². The summed E-state index contributed by atoms with van der Waals surface area (Å²) < 4.78 is 27.8. The van der Waals surface area contributed by atoms with E-state index in [-0.39, 0.29) is 17.5 Å². The molecule has 8 heteroatoms. The summed E-state index contributed by atoms with van der Waals surface area (Å²) in [7, 11) is 0. The molecule has 4 amide bonds. The highest BCUT2D eigenvalue weighted by atomic mass is 19.1. The summed E-state index contributed by atoms with van der Waals surface area (Å²) in [5.74, 6) is -2.61. The zero-order valence-corrected chi connectivity index (χ0v) is 16.1. The molecule has 2 fully saturated rings. The quantitative estimate of drug-likeness (QED) is 0.782. The molecular formula is C20H25F2N3O3. The fourth-order valence-corrected chi connectivity index (χ4v) is 4.16. The third-order valence-corrected chi connectivity index (χ3v) is 5.71. The standard InChI is InChI=1S/C20H25F2N3O3/c1-3-24(14-7-5-4-6-8-14)17(26)12-25-18(27)20(2,23-19(25)28)15-11-13(21)9-10-16(15)22/h9-11,14H,3-8,12H2,1-2H3,(H,23,28)/t20-/m0/s1. The Morgan fingerprint density at radius 1 is 1.25 bits per heavy atom. The molecule has 28 heavy (non-hydrogen) atoms. The summed E-state index contributed by atoms with van der Waals surface area (Å²) in [5.41, 5.74) is -2.02. The van der Waals surface area contributed by atoms with E-state index >= 15 is 0 Å². The number of likely N-dealkylation sites (N-methyl/N-ethyl adjacent to an activating group) is 1. The Kier molecular flexibility index (Phi) is 5.67. The van der Waals surface area contributed by atoms with E-state index in [0.29, 0.717) is 6.54 Å². The molecule has 0 bridgehead atoms. The van der Waals surface area contributed by atoms with Crippen molar-refractivity contribution in [1.82, 2.24) is 15.1 Å². The summed E-state index contributed by atoms with van der Waals surface area (Å²) in [6.45, 7) is 3.25. The van der Waals surface area contributed by atoms with Crippen LogP contribution in [-0.2, 0) is 15.1 Å². The number of amides is 4. The molecule has 0 radical (unpaired) electrons. The average molecular weight is 393 g/mol. The predicted molar refractivity (Wildman–Crippen MR) is 98.2 cm³/mol. The summed E-state index contributed by atoms with van der Waals surface area (Å²) >= 11 is 0. The average Bonchev–Trinajstić information content (AvgIpc) is 2.89. The van der Waals surface area contributed by atoms with Crippen LogP contribution in [0.1, 0.15) is 51.5 Å². The van der Waals surface area contributed by atoms with Gasteiger partial charge in [0.1, 0.15) is 23.7 Å². The number of carbonyl (C=O) groups excluding carboxylic acids is 3. The van der Waals surface area contributed by atoms with Crippen molar-refractivity contribution < 1.29 is 23.2 Å². The molecule has 1 saturated carbocycles. The fourth-order valence-electron chi connectivity index (χ4n) is 4.16. The lowest BCUT2D eigenvalue weighted by Crippen LogP contribution is -2.48. The molecule has 152 valence electrons. The third kappa shape index (κ3) is 3.59. The Labute approximate surface area is 162 Å². The van der Waals surface area contributed by atoms with Crippen LogP contribution >= 0.6 is 0 Å². The Morgan fingerprint density at radius 2 is 1.93 bits per heavy atom. The van der Waals surface area contributed by atoms with Gasteiger partial charge in [-0.05, 0) is 44.9 Å². The normalized spacial score (nSPS) is 23.1. The van der Waals surface area contributed by atoms with Crippen molar-refractivity contribution in [2.45, 2.75) is 57.5 Å². The topological polar surface area (TPSA) is 69.7 Å². The van der Waals surface area contributed by atoms with E-state index in [2.05, 4.69) is 5.32 Å². The molecule has 0 unspecified atom stereocenters. The number of benzene rings is 1. The molecule has 1 atom stereocenters. The van der Waals surface area contributed by atoms with Gasteiger partial charge in [0.15, 0.2) is 0 Å². The number of halogens is 2. The second-order valence-electron chi connectivity index (χ2n) is 7.54. The van der Waals surface area contributed by atoms with E-state index in [1.54, 1.807) is 4.90 Å². The largest absolute Gasteiger partial charge is 0.338 e. The number of hydrogen-bond donors (Lipinski definition) is 1. The van der Waals surface area contributed by atoms with E-state index in [4.69, 9.17) is 0 Å². The van der Waals surface area contributed by atoms with Crippen LogP contribution in [-0.4, -0.2) is 46.8 Å². The second-order valence-corrected chi connectivity index (χ2v) is 7.54. The maximum absolute atomic E-state index is 14.2. The molecule has 0 aromatic heterocycles. The van der Waals surface area contributed by atoms with E-state index in [0.717, 1.165) is 55.2 Å². The Morgan fingerprint density at radius 3 is 2.57 bits per heavy atom. The molecule has 1 aromatic rings. The van der Waals surface area contributed by atoms with Crippen LogP contribution in [0.15, 0.2) is 18.2 Å². The van der Waals surface area contributed by atoms with Crippen molar-refractivity contribution in [3.63, 3.8) is 0 Å². The molecule has 1 aliphatic carbocycles. The predicted octanol–water partition coefficient (Wildman–Crippen LogP) is 2.91. The van der Waals surface area contributed by atoms with Gasteiger partial charge in [0.05, 0.1) is 0 Å². The lowest BCUT2D eigenvalue weighted by atomic mass is 9.91. The lowest BCUT2D eigenvalue weighted by Gasteiger charge is -2.34. The first-order valence-corrected chi connectivity index (χ1v) is 9.67. The van der Waals surface area contributed by atoms with E-state index in [1.807, 2.05) is 6.92 Å². The lowest BCUT2D eigenvalue weighted by molar-refractivity contribution is -0.140. The minimum atomic E-state index is -1.76. The zero-order chi connectivity index (χ0) is 20.5. The highest BCUT2D eigenvalue weighted by Gasteiger charge is 2.51. The molecule has 1 N–H and O–H groups in total. The second kappa shape index (κ2) is 7.85. The van der Waals surface area contributed by atoms with Crippen LogP contribution < -0.4 is 5.32 Å². The minimum Gasteiger partial charge on any atom is -0.338 e. The summed E-state index contributed by atoms with van der Waals surface area (Å²) in [5, 5.41) is 2.42. The first-order valence-electron chi connectivity index (χ1n) is 9.67. The minimum absolute atomic E-state index is 0.110. The van der Waals surface area contributed by atoms with Crippen molar-refractivity contribution in [3.8, 4) is 0 Å². The highest BCUT2D eigenvalue weighted by Crippen LogP contribution is 2.31. The third-order valence-electron chi connectivity index (χ3n) is 5.71. The number of carbonyl (C=O) groups is 3.